The van der Waals surface area contributed by atoms with Gasteiger partial charge in [-0.05, 0) is 24.1 Å². The Morgan fingerprint density at radius 3 is 3.00 bits per heavy atom. The first-order valence-electron chi connectivity index (χ1n) is 5.55. The number of rotatable bonds is 5. The highest BCUT2D eigenvalue weighted by Crippen LogP contribution is 2.08. The molecule has 0 aliphatic carbocycles. The molecule has 1 aromatic heterocycles. The average Bonchev–Trinajstić information content (AvgIpc) is 2.82. The molecule has 17 heavy (non-hydrogen) atoms. The van der Waals surface area contributed by atoms with E-state index in [0.717, 1.165) is 18.7 Å². The third-order valence-electron chi connectivity index (χ3n) is 2.55. The number of hydrogen-bond acceptors (Lipinski definition) is 3. The zero-order valence-corrected chi connectivity index (χ0v) is 9.73. The topological polar surface area (TPSA) is 42.7 Å². The zero-order chi connectivity index (χ0) is 12.1. The molecule has 0 bridgehead atoms. The Labute approximate surface area is 99.5 Å². The Kier molecular flexibility index (Phi) is 3.82. The van der Waals surface area contributed by atoms with E-state index < -0.39 is 0 Å². The molecule has 0 amide bonds. The van der Waals surface area contributed by atoms with Gasteiger partial charge in [0.05, 0.1) is 12.7 Å². The lowest BCUT2D eigenvalue weighted by Gasteiger charge is -2.06. The largest absolute Gasteiger partial charge is 0.311 e. The number of nitrogens with zero attached hydrogens (tertiary/aromatic N) is 3. The molecule has 0 aliphatic heterocycles. The molecule has 2 aromatic rings. The van der Waals surface area contributed by atoms with Gasteiger partial charge in [-0.1, -0.05) is 17.3 Å². The van der Waals surface area contributed by atoms with Crippen molar-refractivity contribution in [3.8, 4) is 0 Å². The van der Waals surface area contributed by atoms with Crippen molar-refractivity contribution in [3.05, 3.63) is 47.5 Å². The molecule has 0 saturated heterocycles. The van der Waals surface area contributed by atoms with Crippen molar-refractivity contribution < 1.29 is 4.39 Å². The van der Waals surface area contributed by atoms with Gasteiger partial charge in [-0.15, -0.1) is 5.10 Å². The van der Waals surface area contributed by atoms with Crippen LogP contribution < -0.4 is 5.32 Å². The van der Waals surface area contributed by atoms with E-state index in [4.69, 9.17) is 0 Å². The van der Waals surface area contributed by atoms with Gasteiger partial charge in [-0.25, -0.2) is 4.39 Å². The first-order valence-corrected chi connectivity index (χ1v) is 5.55. The number of aryl methyl sites for hydroxylation is 1. The van der Waals surface area contributed by atoms with Crippen LogP contribution in [0.4, 0.5) is 4.39 Å². The fraction of sp³-hybridized carbons (Fsp3) is 0.333. The Hall–Kier alpha value is -1.75. The van der Waals surface area contributed by atoms with Gasteiger partial charge >= 0.3 is 0 Å². The molecule has 5 heteroatoms. The summed E-state index contributed by atoms with van der Waals surface area (Å²) in [5.41, 5.74) is 1.63. The van der Waals surface area contributed by atoms with Crippen molar-refractivity contribution in [3.63, 3.8) is 0 Å². The van der Waals surface area contributed by atoms with E-state index in [-0.39, 0.29) is 5.82 Å². The van der Waals surface area contributed by atoms with E-state index in [0.29, 0.717) is 12.1 Å². The molecular formula is C12H15FN4. The van der Waals surface area contributed by atoms with Crippen LogP contribution in [0.5, 0.6) is 0 Å². The Morgan fingerprint density at radius 2 is 2.29 bits per heavy atom. The van der Waals surface area contributed by atoms with Crippen LogP contribution in [0.15, 0.2) is 30.6 Å². The van der Waals surface area contributed by atoms with E-state index in [9.17, 15) is 4.39 Å². The first-order chi connectivity index (χ1) is 8.25. The predicted octanol–water partition coefficient (Wildman–Crippen LogP) is 1.52. The summed E-state index contributed by atoms with van der Waals surface area (Å²) in [5, 5.41) is 10.8. The Balaban J connectivity index is 1.76. The van der Waals surface area contributed by atoms with Crippen LogP contribution in [0.25, 0.3) is 0 Å². The monoisotopic (exact) mass is 234 g/mol. The predicted molar refractivity (Wildman–Crippen MR) is 62.9 cm³/mol. The molecule has 0 radical (unpaired) electrons. The second kappa shape index (κ2) is 5.54. The number of halogens is 1. The van der Waals surface area contributed by atoms with Crippen molar-refractivity contribution >= 4 is 0 Å². The van der Waals surface area contributed by atoms with Crippen LogP contribution in [0.3, 0.4) is 0 Å². The van der Waals surface area contributed by atoms with Gasteiger partial charge in [0.15, 0.2) is 0 Å². The second-order valence-corrected chi connectivity index (χ2v) is 3.93. The highest BCUT2D eigenvalue weighted by molar-refractivity contribution is 5.23. The van der Waals surface area contributed by atoms with Crippen molar-refractivity contribution in [1.82, 2.24) is 20.3 Å². The Morgan fingerprint density at radius 1 is 1.41 bits per heavy atom. The Bertz CT molecular complexity index is 467. The van der Waals surface area contributed by atoms with Crippen LogP contribution in [0, 0.1) is 12.7 Å². The van der Waals surface area contributed by atoms with Crippen molar-refractivity contribution in [2.75, 3.05) is 6.54 Å². The lowest BCUT2D eigenvalue weighted by Crippen LogP contribution is -2.19. The van der Waals surface area contributed by atoms with Crippen LogP contribution in [-0.2, 0) is 13.1 Å². The smallest absolute Gasteiger partial charge is 0.126 e. The minimum Gasteiger partial charge on any atom is -0.311 e. The van der Waals surface area contributed by atoms with E-state index in [1.165, 1.54) is 0 Å². The number of benzene rings is 1. The van der Waals surface area contributed by atoms with Crippen molar-refractivity contribution in [2.45, 2.75) is 20.0 Å². The van der Waals surface area contributed by atoms with E-state index >= 15 is 0 Å². The molecule has 0 spiro atoms. The first kappa shape index (κ1) is 11.7. The van der Waals surface area contributed by atoms with Gasteiger partial charge < -0.3 is 5.32 Å². The quantitative estimate of drug-likeness (QED) is 0.797. The summed E-state index contributed by atoms with van der Waals surface area (Å²) < 4.78 is 15.0. The molecule has 0 unspecified atom stereocenters. The van der Waals surface area contributed by atoms with Gasteiger partial charge in [0, 0.05) is 19.3 Å². The molecule has 0 atom stereocenters. The summed E-state index contributed by atoms with van der Waals surface area (Å²) in [6, 6.07) is 5.29. The molecule has 1 N–H and O–H groups in total. The van der Waals surface area contributed by atoms with Crippen LogP contribution in [0.2, 0.25) is 0 Å². The molecule has 0 aliphatic rings. The summed E-state index contributed by atoms with van der Waals surface area (Å²) >= 11 is 0. The third-order valence-corrected chi connectivity index (χ3v) is 2.55. The summed E-state index contributed by atoms with van der Waals surface area (Å²) in [5.74, 6) is -0.152. The lowest BCUT2D eigenvalue weighted by molar-refractivity contribution is 0.538. The van der Waals surface area contributed by atoms with Crippen molar-refractivity contribution in [1.29, 1.82) is 0 Å². The summed E-state index contributed by atoms with van der Waals surface area (Å²) in [4.78, 5) is 0. The SMILES string of the molecule is Cc1ccc(CNCCn2ccnn2)cc1F. The number of aromatic nitrogens is 3. The molecule has 0 fully saturated rings. The second-order valence-electron chi connectivity index (χ2n) is 3.93. The maximum absolute atomic E-state index is 13.3. The van der Waals surface area contributed by atoms with Gasteiger partial charge in [0.25, 0.3) is 0 Å². The van der Waals surface area contributed by atoms with Gasteiger partial charge in [0.2, 0.25) is 0 Å². The summed E-state index contributed by atoms with van der Waals surface area (Å²) in [6.07, 6.45) is 3.46. The number of hydrogen-bond donors (Lipinski definition) is 1. The van der Waals surface area contributed by atoms with Gasteiger partial charge in [-0.3, -0.25) is 4.68 Å². The molecule has 1 heterocycles. The summed E-state index contributed by atoms with van der Waals surface area (Å²) in [7, 11) is 0. The minimum absolute atomic E-state index is 0.152. The molecule has 1 aromatic carbocycles. The third kappa shape index (κ3) is 3.35. The van der Waals surface area contributed by atoms with E-state index in [1.54, 1.807) is 29.9 Å². The van der Waals surface area contributed by atoms with Crippen LogP contribution >= 0.6 is 0 Å². The van der Waals surface area contributed by atoms with Crippen LogP contribution in [0.1, 0.15) is 11.1 Å². The maximum atomic E-state index is 13.3. The normalized spacial score (nSPS) is 10.7. The fourth-order valence-electron chi connectivity index (χ4n) is 1.52. The average molecular weight is 234 g/mol. The molecular weight excluding hydrogens is 219 g/mol. The molecule has 4 nitrogen and oxygen atoms in total. The molecule has 90 valence electrons. The molecule has 0 saturated carbocycles. The van der Waals surface area contributed by atoms with Gasteiger partial charge in [0.1, 0.15) is 5.82 Å². The minimum atomic E-state index is -0.152. The fourth-order valence-corrected chi connectivity index (χ4v) is 1.52. The van der Waals surface area contributed by atoms with Gasteiger partial charge in [-0.2, -0.15) is 0 Å². The zero-order valence-electron chi connectivity index (χ0n) is 9.73. The van der Waals surface area contributed by atoms with Crippen molar-refractivity contribution in [2.24, 2.45) is 0 Å². The van der Waals surface area contributed by atoms with E-state index in [1.807, 2.05) is 12.3 Å². The van der Waals surface area contributed by atoms with Crippen LogP contribution in [-0.4, -0.2) is 21.5 Å². The highest BCUT2D eigenvalue weighted by atomic mass is 19.1. The number of nitrogens with one attached hydrogen (secondary N) is 1. The maximum Gasteiger partial charge on any atom is 0.126 e. The lowest BCUT2D eigenvalue weighted by atomic mass is 10.1. The summed E-state index contributed by atoms with van der Waals surface area (Å²) in [6.45, 7) is 3.95. The standard InChI is InChI=1S/C12H15FN4/c1-10-2-3-11(8-12(10)13)9-14-4-6-17-7-5-15-16-17/h2-3,5,7-8,14H,4,6,9H2,1H3. The molecule has 2 rings (SSSR count). The highest BCUT2D eigenvalue weighted by Gasteiger charge is 1.99. The van der Waals surface area contributed by atoms with E-state index in [2.05, 4.69) is 15.6 Å².